The molecule has 1 aromatic heterocycles. The minimum absolute atomic E-state index is 0.0275. The van der Waals surface area contributed by atoms with E-state index in [-0.39, 0.29) is 11.1 Å². The van der Waals surface area contributed by atoms with Crippen molar-refractivity contribution in [1.29, 1.82) is 0 Å². The number of urea groups is 1. The highest BCUT2D eigenvalue weighted by atomic mass is 35.5. The number of carbonyl (C=O) groups is 1. The number of allylic oxidation sites excluding steroid dienone is 3. The van der Waals surface area contributed by atoms with Gasteiger partial charge in [0, 0.05) is 25.5 Å². The van der Waals surface area contributed by atoms with Crippen LogP contribution in [0.5, 0.6) is 5.75 Å². The maximum atomic E-state index is 14.4. The van der Waals surface area contributed by atoms with Gasteiger partial charge in [0.1, 0.15) is 29.2 Å². The molecule has 0 spiro atoms. The van der Waals surface area contributed by atoms with E-state index in [9.17, 15) is 9.18 Å². The Morgan fingerprint density at radius 1 is 1.17 bits per heavy atom. The van der Waals surface area contributed by atoms with Gasteiger partial charge in [-0.25, -0.2) is 19.2 Å². The van der Waals surface area contributed by atoms with Gasteiger partial charge >= 0.3 is 6.03 Å². The van der Waals surface area contributed by atoms with Crippen LogP contribution in [0.3, 0.4) is 0 Å². The summed E-state index contributed by atoms with van der Waals surface area (Å²) in [5.41, 5.74) is 1.23. The Hall–Kier alpha value is -3.91. The van der Waals surface area contributed by atoms with Gasteiger partial charge < -0.3 is 14.2 Å². The maximum Gasteiger partial charge on any atom is 0.323 e. The van der Waals surface area contributed by atoms with Crippen molar-refractivity contribution in [2.75, 3.05) is 6.54 Å². The Kier molecular flexibility index (Phi) is 7.13. The summed E-state index contributed by atoms with van der Waals surface area (Å²) in [6.45, 7) is 1.15. The van der Waals surface area contributed by atoms with Crippen LogP contribution in [0.15, 0.2) is 90.2 Å². The minimum atomic E-state index is -0.569. The van der Waals surface area contributed by atoms with Gasteiger partial charge in [-0.3, -0.25) is 5.32 Å². The highest BCUT2D eigenvalue weighted by molar-refractivity contribution is 6.30. The van der Waals surface area contributed by atoms with E-state index in [1.165, 1.54) is 12.1 Å². The maximum absolute atomic E-state index is 14.4. The number of halogens is 2. The van der Waals surface area contributed by atoms with Gasteiger partial charge in [-0.2, -0.15) is 0 Å². The van der Waals surface area contributed by atoms with Crippen molar-refractivity contribution in [3.05, 3.63) is 102 Å². The molecule has 1 fully saturated rings. The predicted molar refractivity (Wildman–Crippen MR) is 137 cm³/mol. The van der Waals surface area contributed by atoms with Crippen LogP contribution < -0.4 is 10.1 Å². The van der Waals surface area contributed by atoms with Crippen molar-refractivity contribution in [2.45, 2.75) is 31.8 Å². The molecular weight excluding hydrogens is 481 g/mol. The van der Waals surface area contributed by atoms with Crippen LogP contribution in [0.4, 0.5) is 14.9 Å². The molecule has 9 heteroatoms. The van der Waals surface area contributed by atoms with Gasteiger partial charge in [-0.05, 0) is 73.4 Å². The Morgan fingerprint density at radius 2 is 2.03 bits per heavy atom. The zero-order valence-electron chi connectivity index (χ0n) is 19.5. The Morgan fingerprint density at radius 3 is 2.75 bits per heavy atom. The third-order valence-corrected chi connectivity index (χ3v) is 6.29. The molecule has 2 aliphatic rings. The van der Waals surface area contributed by atoms with Gasteiger partial charge in [0.2, 0.25) is 0 Å². The summed E-state index contributed by atoms with van der Waals surface area (Å²) in [6.07, 6.45) is 14.1. The first kappa shape index (κ1) is 23.8. The molecule has 5 rings (SSSR count). The van der Waals surface area contributed by atoms with E-state index in [0.717, 1.165) is 18.6 Å². The number of hydrogen-bond donors (Lipinski definition) is 1. The molecule has 1 aliphatic heterocycles. The summed E-state index contributed by atoms with van der Waals surface area (Å²) >= 11 is 5.91. The van der Waals surface area contributed by atoms with E-state index in [0.29, 0.717) is 42.3 Å². The number of rotatable bonds is 8. The monoisotopic (exact) mass is 505 g/mol. The van der Waals surface area contributed by atoms with Crippen LogP contribution in [-0.4, -0.2) is 32.9 Å². The number of imidazole rings is 1. The van der Waals surface area contributed by atoms with Crippen molar-refractivity contribution in [1.82, 2.24) is 19.8 Å². The molecule has 0 bridgehead atoms. The van der Waals surface area contributed by atoms with Crippen LogP contribution >= 0.6 is 11.6 Å². The molecule has 36 heavy (non-hydrogen) atoms. The lowest BCUT2D eigenvalue weighted by atomic mass is 10.0. The number of hydrogen-bond acceptors (Lipinski definition) is 4. The van der Waals surface area contributed by atoms with Gasteiger partial charge in [-0.15, -0.1) is 0 Å². The summed E-state index contributed by atoms with van der Waals surface area (Å²) in [5.74, 6) is 1.40. The SMILES string of the molecule is O=C1N/C(=N\c2ccc(OC3=CCCC=C3)cc2)C(c2ccc(Cl)c(F)c2)N1CCCn1ccnc1. The number of amides is 2. The van der Waals surface area contributed by atoms with Gasteiger partial charge in [-0.1, -0.05) is 23.7 Å². The van der Waals surface area contributed by atoms with Crippen molar-refractivity contribution < 1.29 is 13.9 Å². The first-order chi connectivity index (χ1) is 17.6. The fourth-order valence-corrected chi connectivity index (χ4v) is 4.34. The molecule has 3 aromatic rings. The smallest absolute Gasteiger partial charge is 0.323 e. The van der Waals surface area contributed by atoms with Crippen molar-refractivity contribution in [3.8, 4) is 5.75 Å². The molecule has 1 atom stereocenters. The van der Waals surface area contributed by atoms with Gasteiger partial charge in [0.25, 0.3) is 0 Å². The molecule has 1 unspecified atom stereocenters. The molecule has 0 saturated carbocycles. The molecule has 2 aromatic carbocycles. The third-order valence-electron chi connectivity index (χ3n) is 5.98. The van der Waals surface area contributed by atoms with Gasteiger partial charge in [0.05, 0.1) is 17.0 Å². The average molecular weight is 506 g/mol. The number of amidine groups is 1. The lowest BCUT2D eigenvalue weighted by Crippen LogP contribution is -2.31. The second-order valence-electron chi connectivity index (χ2n) is 8.53. The quantitative estimate of drug-likeness (QED) is 0.397. The fourth-order valence-electron chi connectivity index (χ4n) is 4.23. The Balaban J connectivity index is 1.38. The molecule has 2 amide bonds. The number of carbonyl (C=O) groups excluding carboxylic acids is 1. The number of nitrogens with one attached hydrogen (secondary N) is 1. The fraction of sp³-hybridized carbons (Fsp3) is 0.222. The minimum Gasteiger partial charge on any atom is -0.458 e. The zero-order chi connectivity index (χ0) is 24.9. The highest BCUT2D eigenvalue weighted by Gasteiger charge is 2.37. The van der Waals surface area contributed by atoms with E-state index in [2.05, 4.69) is 22.5 Å². The summed E-state index contributed by atoms with van der Waals surface area (Å²) in [4.78, 5) is 23.4. The first-order valence-electron chi connectivity index (χ1n) is 11.8. The summed E-state index contributed by atoms with van der Waals surface area (Å²) in [7, 11) is 0. The van der Waals surface area contributed by atoms with Gasteiger partial charge in [0.15, 0.2) is 0 Å². The van der Waals surface area contributed by atoms with Crippen LogP contribution in [0, 0.1) is 5.82 Å². The third kappa shape index (κ3) is 5.49. The summed E-state index contributed by atoms with van der Waals surface area (Å²) in [6, 6.07) is 11.0. The lowest BCUT2D eigenvalue weighted by molar-refractivity contribution is 0.204. The van der Waals surface area contributed by atoms with Crippen LogP contribution in [0.25, 0.3) is 0 Å². The predicted octanol–water partition coefficient (Wildman–Crippen LogP) is 6.18. The number of benzene rings is 2. The van der Waals surface area contributed by atoms with E-state index in [4.69, 9.17) is 21.3 Å². The van der Waals surface area contributed by atoms with Crippen LogP contribution in [0.1, 0.15) is 30.9 Å². The molecular formula is C27H25ClFN5O2. The molecule has 1 saturated heterocycles. The molecule has 1 N–H and O–H groups in total. The molecule has 184 valence electrons. The number of aromatic nitrogens is 2. The largest absolute Gasteiger partial charge is 0.458 e. The lowest BCUT2D eigenvalue weighted by Gasteiger charge is -2.23. The van der Waals surface area contributed by atoms with E-state index in [1.807, 2.05) is 41.1 Å². The second-order valence-corrected chi connectivity index (χ2v) is 8.94. The topological polar surface area (TPSA) is 71.8 Å². The second kappa shape index (κ2) is 10.8. The van der Waals surface area contributed by atoms with Crippen LogP contribution in [0.2, 0.25) is 5.02 Å². The molecule has 7 nitrogen and oxygen atoms in total. The first-order valence-corrected chi connectivity index (χ1v) is 12.2. The molecule has 1 aliphatic carbocycles. The normalized spacial score (nSPS) is 18.4. The summed E-state index contributed by atoms with van der Waals surface area (Å²) < 4.78 is 22.2. The number of ether oxygens (including phenoxy) is 1. The van der Waals surface area contributed by atoms with Crippen molar-refractivity contribution in [3.63, 3.8) is 0 Å². The standard InChI is InChI=1S/C27H25ClFN5O2/c28-23-12-7-19(17-24(23)29)25-26(32-27(35)34(25)15-4-14-33-16-13-30-18-33)31-20-8-10-22(11-9-20)36-21-5-2-1-3-6-21/h2,5-13,16-18,25H,1,3-4,14-15H2,(H,31,32,35). The molecule has 2 heterocycles. The summed E-state index contributed by atoms with van der Waals surface area (Å²) in [5, 5.41) is 2.90. The number of nitrogens with zero attached hydrogens (tertiary/aromatic N) is 4. The van der Waals surface area contributed by atoms with E-state index in [1.54, 1.807) is 23.5 Å². The van der Waals surface area contributed by atoms with Crippen LogP contribution in [-0.2, 0) is 6.54 Å². The van der Waals surface area contributed by atoms with Crippen molar-refractivity contribution in [2.24, 2.45) is 4.99 Å². The number of aliphatic imine (C=N–C) groups is 1. The number of aryl methyl sites for hydroxylation is 1. The van der Waals surface area contributed by atoms with Crippen molar-refractivity contribution >= 4 is 29.2 Å². The highest BCUT2D eigenvalue weighted by Crippen LogP contribution is 2.31. The zero-order valence-corrected chi connectivity index (χ0v) is 20.2. The van der Waals surface area contributed by atoms with E-state index < -0.39 is 11.9 Å². The Bertz CT molecular complexity index is 1320. The average Bonchev–Trinajstić information content (AvgIpc) is 3.51. The van der Waals surface area contributed by atoms with E-state index >= 15 is 0 Å². The molecule has 0 radical (unpaired) electrons. The Labute approximate surface area is 213 Å².